The summed E-state index contributed by atoms with van der Waals surface area (Å²) in [5, 5.41) is 7.42. The Morgan fingerprint density at radius 3 is 2.56 bits per heavy atom. The lowest BCUT2D eigenvalue weighted by Crippen LogP contribution is -2.24. The molecule has 25 heavy (non-hydrogen) atoms. The van der Waals surface area contributed by atoms with Crippen molar-refractivity contribution in [3.05, 3.63) is 71.3 Å². The Kier molecular flexibility index (Phi) is 4.79. The summed E-state index contributed by atoms with van der Waals surface area (Å²) in [6, 6.07) is 13.2. The zero-order valence-electron chi connectivity index (χ0n) is 14.5. The first-order valence-electron chi connectivity index (χ1n) is 7.99. The topological polar surface area (TPSA) is 69.0 Å². The van der Waals surface area contributed by atoms with Gasteiger partial charge in [-0.15, -0.1) is 0 Å². The summed E-state index contributed by atoms with van der Waals surface area (Å²) in [4.78, 5) is 16.8. The number of methoxy groups -OCH3 is 1. The summed E-state index contributed by atoms with van der Waals surface area (Å²) in [5.74, 6) is 0.624. The molecule has 0 atom stereocenters. The number of rotatable bonds is 5. The van der Waals surface area contributed by atoms with Gasteiger partial charge in [-0.2, -0.15) is 5.10 Å². The second-order valence-electron chi connectivity index (χ2n) is 5.66. The fourth-order valence-corrected chi connectivity index (χ4v) is 2.71. The smallest absolute Gasteiger partial charge is 0.255 e. The van der Waals surface area contributed by atoms with Crippen molar-refractivity contribution in [1.29, 1.82) is 0 Å². The van der Waals surface area contributed by atoms with E-state index in [0.717, 1.165) is 22.8 Å². The van der Waals surface area contributed by atoms with Crippen LogP contribution in [0.15, 0.2) is 48.7 Å². The molecule has 0 unspecified atom stereocenters. The number of ether oxygens (including phenoxy) is 1. The molecule has 2 aromatic heterocycles. The summed E-state index contributed by atoms with van der Waals surface area (Å²) < 4.78 is 6.95. The highest BCUT2D eigenvalue weighted by atomic mass is 16.5. The predicted octanol–water partition coefficient (Wildman–Crippen LogP) is 2.82. The first kappa shape index (κ1) is 16.7. The van der Waals surface area contributed by atoms with Crippen LogP contribution in [0.5, 0.6) is 5.75 Å². The maximum absolute atomic E-state index is 12.6. The van der Waals surface area contributed by atoms with E-state index in [2.05, 4.69) is 15.4 Å². The van der Waals surface area contributed by atoms with Crippen molar-refractivity contribution in [3.63, 3.8) is 0 Å². The highest BCUT2D eigenvalue weighted by Gasteiger charge is 2.19. The summed E-state index contributed by atoms with van der Waals surface area (Å²) >= 11 is 0. The van der Waals surface area contributed by atoms with Crippen molar-refractivity contribution in [2.45, 2.75) is 20.4 Å². The van der Waals surface area contributed by atoms with E-state index >= 15 is 0 Å². The standard InChI is InChI=1S/C19H20N4O2/c1-13-18(19(24)21-12-15-6-4-5-11-20-15)14(2)23(22-13)16-7-9-17(25-3)10-8-16/h4-11H,12H2,1-3H3,(H,21,24). The molecular formula is C19H20N4O2. The zero-order valence-corrected chi connectivity index (χ0v) is 14.5. The monoisotopic (exact) mass is 336 g/mol. The molecule has 2 heterocycles. The number of carbonyl (C=O) groups excluding carboxylic acids is 1. The van der Waals surface area contributed by atoms with Crippen LogP contribution in [-0.4, -0.2) is 27.8 Å². The third-order valence-electron chi connectivity index (χ3n) is 3.99. The van der Waals surface area contributed by atoms with Gasteiger partial charge in [-0.1, -0.05) is 6.07 Å². The molecule has 6 nitrogen and oxygen atoms in total. The molecule has 0 aliphatic carbocycles. The molecule has 0 saturated carbocycles. The lowest BCUT2D eigenvalue weighted by atomic mass is 10.2. The molecule has 3 aromatic rings. The maximum Gasteiger partial charge on any atom is 0.255 e. The minimum absolute atomic E-state index is 0.152. The van der Waals surface area contributed by atoms with Crippen LogP contribution in [0.4, 0.5) is 0 Å². The molecule has 0 fully saturated rings. The number of pyridine rings is 1. The molecule has 3 rings (SSSR count). The molecule has 0 bridgehead atoms. The maximum atomic E-state index is 12.6. The van der Waals surface area contributed by atoms with Gasteiger partial charge < -0.3 is 10.1 Å². The van der Waals surface area contributed by atoms with Crippen LogP contribution >= 0.6 is 0 Å². The number of nitrogens with zero attached hydrogens (tertiary/aromatic N) is 3. The molecule has 1 amide bonds. The van der Waals surface area contributed by atoms with Crippen LogP contribution in [0.25, 0.3) is 5.69 Å². The molecule has 1 aromatic carbocycles. The SMILES string of the molecule is COc1ccc(-n2nc(C)c(C(=O)NCc3ccccn3)c2C)cc1. The van der Waals surface area contributed by atoms with Gasteiger partial charge in [0, 0.05) is 6.20 Å². The normalized spacial score (nSPS) is 10.5. The van der Waals surface area contributed by atoms with Crippen LogP contribution in [0, 0.1) is 13.8 Å². The average molecular weight is 336 g/mol. The van der Waals surface area contributed by atoms with Crippen molar-refractivity contribution in [3.8, 4) is 11.4 Å². The Bertz CT molecular complexity index is 870. The van der Waals surface area contributed by atoms with Gasteiger partial charge >= 0.3 is 0 Å². The molecule has 0 spiro atoms. The van der Waals surface area contributed by atoms with Gasteiger partial charge in [0.05, 0.1) is 42.0 Å². The van der Waals surface area contributed by atoms with Gasteiger partial charge in [0.2, 0.25) is 0 Å². The Hall–Kier alpha value is -3.15. The van der Waals surface area contributed by atoms with Crippen LogP contribution in [0.2, 0.25) is 0 Å². The number of amides is 1. The Morgan fingerprint density at radius 2 is 1.92 bits per heavy atom. The van der Waals surface area contributed by atoms with Crippen molar-refractivity contribution in [2.24, 2.45) is 0 Å². The molecule has 1 N–H and O–H groups in total. The van der Waals surface area contributed by atoms with Crippen LogP contribution in [-0.2, 0) is 6.54 Å². The van der Waals surface area contributed by atoms with E-state index in [9.17, 15) is 4.79 Å². The van der Waals surface area contributed by atoms with Gasteiger partial charge in [0.1, 0.15) is 5.75 Å². The Morgan fingerprint density at radius 1 is 1.16 bits per heavy atom. The van der Waals surface area contributed by atoms with Crippen LogP contribution in [0.3, 0.4) is 0 Å². The number of hydrogen-bond donors (Lipinski definition) is 1. The first-order chi connectivity index (χ1) is 12.1. The number of nitrogens with one attached hydrogen (secondary N) is 1. The molecule has 6 heteroatoms. The molecule has 0 saturated heterocycles. The fourth-order valence-electron chi connectivity index (χ4n) is 2.71. The van der Waals surface area contributed by atoms with Crippen LogP contribution < -0.4 is 10.1 Å². The van der Waals surface area contributed by atoms with Crippen LogP contribution in [0.1, 0.15) is 27.4 Å². The van der Waals surface area contributed by atoms with E-state index in [-0.39, 0.29) is 5.91 Å². The first-order valence-corrected chi connectivity index (χ1v) is 7.99. The van der Waals surface area contributed by atoms with E-state index in [1.165, 1.54) is 0 Å². The van der Waals surface area contributed by atoms with Crippen molar-refractivity contribution < 1.29 is 9.53 Å². The Balaban J connectivity index is 1.82. The number of carbonyl (C=O) groups is 1. The van der Waals surface area contributed by atoms with Crippen molar-refractivity contribution >= 4 is 5.91 Å². The summed E-state index contributed by atoms with van der Waals surface area (Å²) in [6.07, 6.45) is 1.71. The largest absolute Gasteiger partial charge is 0.497 e. The van der Waals surface area contributed by atoms with Gasteiger partial charge in [0.25, 0.3) is 5.91 Å². The highest BCUT2D eigenvalue weighted by Crippen LogP contribution is 2.20. The number of aromatic nitrogens is 3. The van der Waals surface area contributed by atoms with Crippen molar-refractivity contribution in [1.82, 2.24) is 20.1 Å². The quantitative estimate of drug-likeness (QED) is 0.778. The second-order valence-corrected chi connectivity index (χ2v) is 5.66. The van der Waals surface area contributed by atoms with Gasteiger partial charge in [-0.05, 0) is 50.2 Å². The van der Waals surface area contributed by atoms with E-state index < -0.39 is 0 Å². The van der Waals surface area contributed by atoms with Gasteiger partial charge in [-0.3, -0.25) is 9.78 Å². The third-order valence-corrected chi connectivity index (χ3v) is 3.99. The fraction of sp³-hybridized carbons (Fsp3) is 0.211. The zero-order chi connectivity index (χ0) is 17.8. The van der Waals surface area contributed by atoms with Gasteiger partial charge in [0.15, 0.2) is 0 Å². The predicted molar refractivity (Wildman–Crippen MR) is 95.0 cm³/mol. The van der Waals surface area contributed by atoms with Crippen molar-refractivity contribution in [2.75, 3.05) is 7.11 Å². The lowest BCUT2D eigenvalue weighted by molar-refractivity contribution is 0.0949. The molecule has 0 aliphatic rings. The number of aryl methyl sites for hydroxylation is 1. The lowest BCUT2D eigenvalue weighted by Gasteiger charge is -2.07. The second kappa shape index (κ2) is 7.17. The summed E-state index contributed by atoms with van der Waals surface area (Å²) in [7, 11) is 1.63. The van der Waals surface area contributed by atoms with Gasteiger partial charge in [-0.25, -0.2) is 4.68 Å². The minimum Gasteiger partial charge on any atom is -0.497 e. The van der Waals surface area contributed by atoms with E-state index in [0.29, 0.717) is 17.8 Å². The molecule has 0 radical (unpaired) electrons. The average Bonchev–Trinajstić information content (AvgIpc) is 2.95. The summed E-state index contributed by atoms with van der Waals surface area (Å²) in [5.41, 5.74) is 3.76. The van der Waals surface area contributed by atoms with E-state index in [1.807, 2.05) is 56.3 Å². The molecule has 0 aliphatic heterocycles. The highest BCUT2D eigenvalue weighted by molar-refractivity contribution is 5.96. The molecule has 128 valence electrons. The van der Waals surface area contributed by atoms with E-state index in [4.69, 9.17) is 4.74 Å². The number of benzene rings is 1. The molecular weight excluding hydrogens is 316 g/mol. The summed E-state index contributed by atoms with van der Waals surface area (Å²) in [6.45, 7) is 4.11. The minimum atomic E-state index is -0.152. The third kappa shape index (κ3) is 3.52. The number of hydrogen-bond acceptors (Lipinski definition) is 4. The van der Waals surface area contributed by atoms with E-state index in [1.54, 1.807) is 18.0 Å². The Labute approximate surface area is 146 Å².